The minimum Gasteiger partial charge on any atom is -0.359 e. The summed E-state index contributed by atoms with van der Waals surface area (Å²) >= 11 is 0. The lowest BCUT2D eigenvalue weighted by Gasteiger charge is -2.31. The number of carbonyl (C=O) groups is 2. The molecular weight excluding hydrogens is 378 g/mol. The fourth-order valence-electron chi connectivity index (χ4n) is 4.01. The van der Waals surface area contributed by atoms with Gasteiger partial charge in [-0.1, -0.05) is 6.07 Å². The number of likely N-dealkylation sites (tertiary alicyclic amines) is 1. The number of nitrogens with one attached hydrogen (secondary N) is 2. The van der Waals surface area contributed by atoms with Crippen molar-refractivity contribution in [3.05, 3.63) is 29.3 Å². The highest BCUT2D eigenvalue weighted by atomic mass is 32.2. The van der Waals surface area contributed by atoms with E-state index in [1.54, 1.807) is 24.1 Å². The van der Waals surface area contributed by atoms with Crippen molar-refractivity contribution in [1.82, 2.24) is 14.9 Å². The smallest absolute Gasteiger partial charge is 0.240 e. The molecular formula is C20H29N3O4S. The summed E-state index contributed by atoms with van der Waals surface area (Å²) in [4.78, 5) is 26.0. The Kier molecular flexibility index (Phi) is 6.72. The van der Waals surface area contributed by atoms with Crippen LogP contribution in [0, 0.1) is 5.92 Å². The summed E-state index contributed by atoms with van der Waals surface area (Å²) < 4.78 is 27.6. The SMILES string of the molecule is CNC(=O)C1CCN(C(=O)CCNS(=O)(=O)c2ccc3c(c2)CCCC3)CC1. The highest BCUT2D eigenvalue weighted by molar-refractivity contribution is 7.89. The van der Waals surface area contributed by atoms with Crippen molar-refractivity contribution in [2.45, 2.75) is 49.8 Å². The normalized spacial score (nSPS) is 17.8. The fraction of sp³-hybridized carbons (Fsp3) is 0.600. The van der Waals surface area contributed by atoms with Gasteiger partial charge in [-0.3, -0.25) is 9.59 Å². The highest BCUT2D eigenvalue weighted by Gasteiger charge is 2.26. The molecule has 0 radical (unpaired) electrons. The monoisotopic (exact) mass is 407 g/mol. The van der Waals surface area contributed by atoms with Crippen LogP contribution in [0.1, 0.15) is 43.2 Å². The maximum absolute atomic E-state index is 12.5. The van der Waals surface area contributed by atoms with E-state index in [-0.39, 0.29) is 35.6 Å². The molecule has 2 aliphatic rings. The van der Waals surface area contributed by atoms with Crippen molar-refractivity contribution < 1.29 is 18.0 Å². The van der Waals surface area contributed by atoms with Crippen LogP contribution in [0.3, 0.4) is 0 Å². The number of rotatable bonds is 6. The van der Waals surface area contributed by atoms with E-state index in [4.69, 9.17) is 0 Å². The molecule has 1 saturated heterocycles. The van der Waals surface area contributed by atoms with E-state index in [0.29, 0.717) is 25.9 Å². The van der Waals surface area contributed by atoms with Gasteiger partial charge < -0.3 is 10.2 Å². The second-order valence-electron chi connectivity index (χ2n) is 7.55. The minimum atomic E-state index is -3.62. The van der Waals surface area contributed by atoms with E-state index < -0.39 is 10.0 Å². The second kappa shape index (κ2) is 9.05. The Morgan fingerprint density at radius 2 is 1.79 bits per heavy atom. The summed E-state index contributed by atoms with van der Waals surface area (Å²) in [6.45, 7) is 1.15. The molecule has 1 aromatic carbocycles. The molecule has 7 nitrogen and oxygen atoms in total. The van der Waals surface area contributed by atoms with Gasteiger partial charge in [0.1, 0.15) is 0 Å². The number of benzene rings is 1. The van der Waals surface area contributed by atoms with Crippen molar-refractivity contribution in [3.63, 3.8) is 0 Å². The predicted molar refractivity (Wildman–Crippen MR) is 106 cm³/mol. The van der Waals surface area contributed by atoms with Gasteiger partial charge >= 0.3 is 0 Å². The molecule has 1 fully saturated rings. The van der Waals surface area contributed by atoms with Gasteiger partial charge in [0.15, 0.2) is 0 Å². The molecule has 0 bridgehead atoms. The van der Waals surface area contributed by atoms with E-state index in [9.17, 15) is 18.0 Å². The quantitative estimate of drug-likeness (QED) is 0.741. The summed E-state index contributed by atoms with van der Waals surface area (Å²) in [6, 6.07) is 5.32. The molecule has 1 heterocycles. The summed E-state index contributed by atoms with van der Waals surface area (Å²) in [6.07, 6.45) is 5.58. The van der Waals surface area contributed by atoms with Gasteiger partial charge in [-0.2, -0.15) is 0 Å². The summed E-state index contributed by atoms with van der Waals surface area (Å²) in [5.74, 6) is -0.107. The topological polar surface area (TPSA) is 95.6 Å². The van der Waals surface area contributed by atoms with Crippen molar-refractivity contribution in [1.29, 1.82) is 0 Å². The maximum atomic E-state index is 12.5. The molecule has 2 N–H and O–H groups in total. The second-order valence-corrected chi connectivity index (χ2v) is 9.32. The molecule has 0 unspecified atom stereocenters. The standard InChI is InChI=1S/C20H29N3O4S/c1-21-20(25)16-9-12-23(13-10-16)19(24)8-11-22-28(26,27)18-7-6-15-4-2-3-5-17(15)14-18/h6-7,14,16,22H,2-5,8-13H2,1H3,(H,21,25). The van der Waals surface area contributed by atoms with Crippen molar-refractivity contribution in [2.24, 2.45) is 5.92 Å². The van der Waals surface area contributed by atoms with Crippen LogP contribution < -0.4 is 10.0 Å². The van der Waals surface area contributed by atoms with E-state index in [0.717, 1.165) is 31.2 Å². The number of carbonyl (C=O) groups excluding carboxylic acids is 2. The number of hydrogen-bond acceptors (Lipinski definition) is 4. The molecule has 8 heteroatoms. The van der Waals surface area contributed by atoms with Crippen LogP contribution >= 0.6 is 0 Å². The number of fused-ring (bicyclic) bond motifs is 1. The van der Waals surface area contributed by atoms with Gasteiger partial charge in [0.2, 0.25) is 21.8 Å². The first-order valence-electron chi connectivity index (χ1n) is 10.0. The minimum absolute atomic E-state index is 0.0184. The van der Waals surface area contributed by atoms with Crippen LogP contribution in [0.15, 0.2) is 23.1 Å². The zero-order valence-electron chi connectivity index (χ0n) is 16.4. The molecule has 28 heavy (non-hydrogen) atoms. The van der Waals surface area contributed by atoms with Crippen molar-refractivity contribution in [2.75, 3.05) is 26.7 Å². The largest absolute Gasteiger partial charge is 0.359 e. The van der Waals surface area contributed by atoms with Crippen LogP contribution in [0.2, 0.25) is 0 Å². The summed E-state index contributed by atoms with van der Waals surface area (Å²) in [7, 11) is -2.00. The van der Waals surface area contributed by atoms with Gasteiger partial charge in [0.05, 0.1) is 4.90 Å². The number of hydrogen-bond donors (Lipinski definition) is 2. The Hall–Kier alpha value is -1.93. The third-order valence-corrected chi connectivity index (χ3v) is 7.18. The first kappa shape index (κ1) is 20.8. The van der Waals surface area contributed by atoms with Crippen LogP contribution in [0.4, 0.5) is 0 Å². The average Bonchev–Trinajstić information content (AvgIpc) is 2.72. The van der Waals surface area contributed by atoms with Crippen LogP contribution in [-0.2, 0) is 32.5 Å². The Morgan fingerprint density at radius 1 is 1.11 bits per heavy atom. The van der Waals surface area contributed by atoms with E-state index in [1.165, 1.54) is 5.56 Å². The lowest BCUT2D eigenvalue weighted by molar-refractivity contribution is -0.135. The number of aryl methyl sites for hydroxylation is 2. The van der Waals surface area contributed by atoms with Gasteiger partial charge in [-0.15, -0.1) is 0 Å². The first-order valence-corrected chi connectivity index (χ1v) is 11.5. The van der Waals surface area contributed by atoms with Gasteiger partial charge in [-0.05, 0) is 61.8 Å². The van der Waals surface area contributed by atoms with Crippen LogP contribution in [0.25, 0.3) is 0 Å². The predicted octanol–water partition coefficient (Wildman–Crippen LogP) is 1.22. The summed E-state index contributed by atoms with van der Waals surface area (Å²) in [5, 5.41) is 2.65. The zero-order valence-corrected chi connectivity index (χ0v) is 17.2. The Balaban J connectivity index is 1.49. The lowest BCUT2D eigenvalue weighted by atomic mass is 9.92. The van der Waals surface area contributed by atoms with Crippen molar-refractivity contribution >= 4 is 21.8 Å². The van der Waals surface area contributed by atoms with Gasteiger partial charge in [0.25, 0.3) is 0 Å². The number of sulfonamides is 1. The van der Waals surface area contributed by atoms with Crippen molar-refractivity contribution in [3.8, 4) is 0 Å². The Bertz CT molecular complexity index is 830. The van der Waals surface area contributed by atoms with E-state index >= 15 is 0 Å². The Labute approximate surface area is 166 Å². The van der Waals surface area contributed by atoms with Crippen LogP contribution in [-0.4, -0.2) is 51.8 Å². The molecule has 3 rings (SSSR count). The third-order valence-electron chi connectivity index (χ3n) is 5.73. The number of nitrogens with zero attached hydrogens (tertiary/aromatic N) is 1. The molecule has 1 aromatic rings. The van der Waals surface area contributed by atoms with E-state index in [1.807, 2.05) is 6.07 Å². The zero-order chi connectivity index (χ0) is 20.1. The molecule has 154 valence electrons. The number of amides is 2. The van der Waals surface area contributed by atoms with E-state index in [2.05, 4.69) is 10.0 Å². The average molecular weight is 408 g/mol. The third kappa shape index (κ3) is 4.91. The van der Waals surface area contributed by atoms with Crippen LogP contribution in [0.5, 0.6) is 0 Å². The molecule has 0 saturated carbocycles. The molecule has 1 aliphatic heterocycles. The first-order chi connectivity index (χ1) is 13.4. The Morgan fingerprint density at radius 3 is 2.46 bits per heavy atom. The molecule has 0 aromatic heterocycles. The number of piperidine rings is 1. The molecule has 2 amide bonds. The summed E-state index contributed by atoms with van der Waals surface area (Å²) in [5.41, 5.74) is 2.35. The molecule has 1 aliphatic carbocycles. The fourth-order valence-corrected chi connectivity index (χ4v) is 5.09. The highest BCUT2D eigenvalue weighted by Crippen LogP contribution is 2.24. The van der Waals surface area contributed by atoms with Gasteiger partial charge in [0, 0.05) is 39.0 Å². The lowest BCUT2D eigenvalue weighted by Crippen LogP contribution is -2.43. The molecule has 0 atom stereocenters. The van der Waals surface area contributed by atoms with Gasteiger partial charge in [-0.25, -0.2) is 13.1 Å². The molecule has 0 spiro atoms. The maximum Gasteiger partial charge on any atom is 0.240 e.